The highest BCUT2D eigenvalue weighted by Crippen LogP contribution is 2.53. The number of hydrogen-bond donors (Lipinski definition) is 1. The average Bonchev–Trinajstić information content (AvgIpc) is 3.05. The second-order valence-electron chi connectivity index (χ2n) is 5.92. The minimum Gasteiger partial charge on any atom is -0.399 e. The summed E-state index contributed by atoms with van der Waals surface area (Å²) >= 11 is 6.24. The third-order valence-electron chi connectivity index (χ3n) is 4.34. The van der Waals surface area contributed by atoms with E-state index in [4.69, 9.17) is 17.3 Å². The van der Waals surface area contributed by atoms with Gasteiger partial charge in [-0.3, -0.25) is 0 Å². The summed E-state index contributed by atoms with van der Waals surface area (Å²) in [7, 11) is 0. The van der Waals surface area contributed by atoms with Crippen LogP contribution in [0.3, 0.4) is 0 Å². The molecule has 20 heavy (non-hydrogen) atoms. The second-order valence-corrected chi connectivity index (χ2v) is 6.32. The molecule has 1 aromatic carbocycles. The number of rotatable bonds is 4. The minimum absolute atomic E-state index is 0.330. The Balaban J connectivity index is 1.96. The van der Waals surface area contributed by atoms with Crippen molar-refractivity contribution < 1.29 is 0 Å². The van der Waals surface area contributed by atoms with Crippen molar-refractivity contribution in [2.45, 2.75) is 33.2 Å². The number of nitrogen functional groups attached to an aromatic ring is 1. The van der Waals surface area contributed by atoms with Gasteiger partial charge >= 0.3 is 0 Å². The van der Waals surface area contributed by atoms with Crippen molar-refractivity contribution in [2.75, 3.05) is 5.73 Å². The molecule has 1 aromatic heterocycles. The van der Waals surface area contributed by atoms with Gasteiger partial charge in [0.25, 0.3) is 0 Å². The summed E-state index contributed by atoms with van der Waals surface area (Å²) in [4.78, 5) is 0. The van der Waals surface area contributed by atoms with Crippen molar-refractivity contribution in [1.82, 2.24) is 20.2 Å². The number of tetrazole rings is 1. The number of benzene rings is 1. The fourth-order valence-corrected chi connectivity index (χ4v) is 2.80. The summed E-state index contributed by atoms with van der Waals surface area (Å²) in [6.07, 6.45) is 2.46. The number of anilines is 1. The van der Waals surface area contributed by atoms with Gasteiger partial charge in [0.1, 0.15) is 0 Å². The van der Waals surface area contributed by atoms with Crippen molar-refractivity contribution in [3.8, 4) is 11.4 Å². The van der Waals surface area contributed by atoms with Gasteiger partial charge in [-0.1, -0.05) is 25.4 Å². The number of nitrogens with two attached hydrogens (primary N) is 1. The maximum absolute atomic E-state index is 6.24. The summed E-state index contributed by atoms with van der Waals surface area (Å²) in [5.74, 6) is 1.31. The van der Waals surface area contributed by atoms with E-state index in [1.165, 1.54) is 12.8 Å². The van der Waals surface area contributed by atoms with Crippen LogP contribution in [0.5, 0.6) is 0 Å². The Morgan fingerprint density at radius 3 is 2.80 bits per heavy atom. The second kappa shape index (κ2) is 4.74. The molecular formula is C14H18ClN5. The van der Waals surface area contributed by atoms with Crippen molar-refractivity contribution >= 4 is 17.3 Å². The highest BCUT2D eigenvalue weighted by Gasteiger charge is 2.46. The zero-order chi connectivity index (χ0) is 14.3. The van der Waals surface area contributed by atoms with Crippen LogP contribution in [-0.2, 0) is 6.54 Å². The van der Waals surface area contributed by atoms with E-state index >= 15 is 0 Å². The van der Waals surface area contributed by atoms with Gasteiger partial charge in [-0.05, 0) is 52.8 Å². The van der Waals surface area contributed by atoms with Crippen molar-refractivity contribution in [2.24, 2.45) is 11.3 Å². The van der Waals surface area contributed by atoms with Crippen LogP contribution in [-0.4, -0.2) is 20.2 Å². The van der Waals surface area contributed by atoms with Crippen molar-refractivity contribution in [3.63, 3.8) is 0 Å². The standard InChI is InChI=1S/C14H18ClN5/c1-9(2)14(5-6-14)8-20-13(17-18-19-20)11-7-10(16)3-4-12(11)15/h3-4,7,9H,5-6,8,16H2,1-2H3. The topological polar surface area (TPSA) is 69.6 Å². The molecule has 1 fully saturated rings. The van der Waals surface area contributed by atoms with Crippen molar-refractivity contribution in [3.05, 3.63) is 23.2 Å². The maximum atomic E-state index is 6.24. The Bertz CT molecular complexity index is 630. The third kappa shape index (κ3) is 2.26. The van der Waals surface area contributed by atoms with E-state index in [1.807, 2.05) is 10.7 Å². The van der Waals surface area contributed by atoms with Crippen LogP contribution in [0.2, 0.25) is 5.02 Å². The van der Waals surface area contributed by atoms with Gasteiger partial charge in [-0.25, -0.2) is 4.68 Å². The third-order valence-corrected chi connectivity index (χ3v) is 4.67. The van der Waals surface area contributed by atoms with Crippen LogP contribution in [0.1, 0.15) is 26.7 Å². The predicted octanol–water partition coefficient (Wildman–Crippen LogP) is 3.01. The molecule has 0 radical (unpaired) electrons. The molecule has 2 N–H and O–H groups in total. The molecule has 0 unspecified atom stereocenters. The van der Waals surface area contributed by atoms with Gasteiger partial charge in [-0.15, -0.1) is 5.10 Å². The van der Waals surface area contributed by atoms with Crippen LogP contribution < -0.4 is 5.73 Å². The molecule has 2 aromatic rings. The van der Waals surface area contributed by atoms with Gasteiger partial charge in [0, 0.05) is 11.3 Å². The molecule has 1 heterocycles. The maximum Gasteiger partial charge on any atom is 0.183 e. The first kappa shape index (κ1) is 13.4. The summed E-state index contributed by atoms with van der Waals surface area (Å²) in [6.45, 7) is 5.34. The first-order valence-electron chi connectivity index (χ1n) is 6.83. The molecule has 0 atom stereocenters. The highest BCUT2D eigenvalue weighted by atomic mass is 35.5. The van der Waals surface area contributed by atoms with Crippen LogP contribution in [0, 0.1) is 11.3 Å². The smallest absolute Gasteiger partial charge is 0.183 e. The summed E-state index contributed by atoms with van der Waals surface area (Å²) < 4.78 is 1.85. The molecule has 1 aliphatic carbocycles. The molecule has 106 valence electrons. The SMILES string of the molecule is CC(C)C1(Cn2nnnc2-c2cc(N)ccc2Cl)CC1. The highest BCUT2D eigenvalue weighted by molar-refractivity contribution is 6.33. The summed E-state index contributed by atoms with van der Waals surface area (Å²) in [5, 5.41) is 12.7. The zero-order valence-corrected chi connectivity index (χ0v) is 12.4. The first-order chi connectivity index (χ1) is 9.52. The Hall–Kier alpha value is -1.62. The lowest BCUT2D eigenvalue weighted by Crippen LogP contribution is -2.19. The van der Waals surface area contributed by atoms with E-state index in [9.17, 15) is 0 Å². The van der Waals surface area contributed by atoms with E-state index < -0.39 is 0 Å². The zero-order valence-electron chi connectivity index (χ0n) is 11.7. The largest absolute Gasteiger partial charge is 0.399 e. The van der Waals surface area contributed by atoms with Crippen LogP contribution in [0.15, 0.2) is 18.2 Å². The number of hydrogen-bond acceptors (Lipinski definition) is 4. The summed E-state index contributed by atoms with van der Waals surface area (Å²) in [6, 6.07) is 5.37. The molecule has 0 amide bonds. The lowest BCUT2D eigenvalue weighted by molar-refractivity contribution is 0.294. The van der Waals surface area contributed by atoms with Gasteiger partial charge in [0.15, 0.2) is 5.82 Å². The van der Waals surface area contributed by atoms with Gasteiger partial charge in [-0.2, -0.15) is 0 Å². The Labute approximate surface area is 123 Å². The Kier molecular flexibility index (Phi) is 3.17. The quantitative estimate of drug-likeness (QED) is 0.879. The first-order valence-corrected chi connectivity index (χ1v) is 7.21. The minimum atomic E-state index is 0.330. The van der Waals surface area contributed by atoms with Crippen LogP contribution >= 0.6 is 11.6 Å². The molecule has 1 aliphatic rings. The fraction of sp³-hybridized carbons (Fsp3) is 0.500. The number of halogens is 1. The van der Waals surface area contributed by atoms with Crippen LogP contribution in [0.4, 0.5) is 5.69 Å². The molecule has 3 rings (SSSR count). The van der Waals surface area contributed by atoms with Gasteiger partial charge < -0.3 is 5.73 Å². The van der Waals surface area contributed by atoms with E-state index in [0.717, 1.165) is 12.1 Å². The molecule has 0 aliphatic heterocycles. The molecular weight excluding hydrogens is 274 g/mol. The lowest BCUT2D eigenvalue weighted by Gasteiger charge is -2.19. The molecule has 6 heteroatoms. The molecule has 0 bridgehead atoms. The van der Waals surface area contributed by atoms with E-state index in [2.05, 4.69) is 29.4 Å². The van der Waals surface area contributed by atoms with Crippen molar-refractivity contribution in [1.29, 1.82) is 0 Å². The van der Waals surface area contributed by atoms with Gasteiger partial charge in [0.2, 0.25) is 0 Å². The molecule has 0 spiro atoms. The molecule has 0 saturated heterocycles. The monoisotopic (exact) mass is 291 g/mol. The lowest BCUT2D eigenvalue weighted by atomic mass is 9.92. The van der Waals surface area contributed by atoms with E-state index in [-0.39, 0.29) is 0 Å². The average molecular weight is 292 g/mol. The summed E-state index contributed by atoms with van der Waals surface area (Å²) in [5.41, 5.74) is 7.61. The number of aromatic nitrogens is 4. The molecule has 1 saturated carbocycles. The van der Waals surface area contributed by atoms with E-state index in [0.29, 0.717) is 27.9 Å². The van der Waals surface area contributed by atoms with Gasteiger partial charge in [0.05, 0.1) is 11.6 Å². The Morgan fingerprint density at radius 1 is 1.40 bits per heavy atom. The normalized spacial score (nSPS) is 16.6. The van der Waals surface area contributed by atoms with Crippen LogP contribution in [0.25, 0.3) is 11.4 Å². The Morgan fingerprint density at radius 2 is 2.15 bits per heavy atom. The predicted molar refractivity (Wildman–Crippen MR) is 79.2 cm³/mol. The molecule has 5 nitrogen and oxygen atoms in total. The van der Waals surface area contributed by atoms with E-state index in [1.54, 1.807) is 12.1 Å². The fourth-order valence-electron chi connectivity index (χ4n) is 2.60. The number of nitrogens with zero attached hydrogens (tertiary/aromatic N) is 4.